The van der Waals surface area contributed by atoms with Crippen LogP contribution >= 0.6 is 11.6 Å². The highest BCUT2D eigenvalue weighted by Gasteiger charge is 2.24. The predicted molar refractivity (Wildman–Crippen MR) is 114 cm³/mol. The minimum absolute atomic E-state index is 0.00352. The van der Waals surface area contributed by atoms with Crippen LogP contribution < -0.4 is 0 Å². The maximum atomic E-state index is 12.5. The Morgan fingerprint density at radius 2 is 1.83 bits per heavy atom. The van der Waals surface area contributed by atoms with Gasteiger partial charge in [0.05, 0.1) is 4.90 Å². The highest BCUT2D eigenvalue weighted by atomic mass is 35.5. The summed E-state index contributed by atoms with van der Waals surface area (Å²) in [5, 5.41) is 1.16. The topological polar surface area (TPSA) is 96.5 Å². The molecule has 7 nitrogen and oxygen atoms in total. The van der Waals surface area contributed by atoms with Gasteiger partial charge < -0.3 is 9.72 Å². The van der Waals surface area contributed by atoms with Gasteiger partial charge in [-0.3, -0.25) is 9.59 Å². The standard InChI is InChI=1S/C21H21ClN2O5S/c1-3-14-5-4-6-17-18(11-23-21(14)17)19(25)13-29-20(26)12-24(2)30(27,28)16-9-7-15(22)8-10-16/h4-11,23H,3,12-13H2,1-2H3. The second-order valence-corrected chi connectivity index (χ2v) is 9.18. The highest BCUT2D eigenvalue weighted by Crippen LogP contribution is 2.23. The summed E-state index contributed by atoms with van der Waals surface area (Å²) >= 11 is 5.78. The van der Waals surface area contributed by atoms with Gasteiger partial charge in [-0.25, -0.2) is 8.42 Å². The van der Waals surface area contributed by atoms with Gasteiger partial charge in [-0.15, -0.1) is 0 Å². The number of rotatable bonds is 8. The second kappa shape index (κ2) is 8.99. The Kier molecular flexibility index (Phi) is 6.60. The van der Waals surface area contributed by atoms with E-state index in [1.807, 2.05) is 25.1 Å². The van der Waals surface area contributed by atoms with Crippen molar-refractivity contribution >= 4 is 44.3 Å². The summed E-state index contributed by atoms with van der Waals surface area (Å²) in [6.07, 6.45) is 2.41. The van der Waals surface area contributed by atoms with Crippen molar-refractivity contribution in [3.8, 4) is 0 Å². The number of carbonyl (C=O) groups is 2. The van der Waals surface area contributed by atoms with Crippen LogP contribution in [0, 0.1) is 0 Å². The molecule has 0 bridgehead atoms. The van der Waals surface area contributed by atoms with Crippen molar-refractivity contribution < 1.29 is 22.7 Å². The van der Waals surface area contributed by atoms with Crippen LogP contribution in [0.15, 0.2) is 53.6 Å². The van der Waals surface area contributed by atoms with E-state index in [4.69, 9.17) is 16.3 Å². The van der Waals surface area contributed by atoms with Crippen molar-refractivity contribution in [1.82, 2.24) is 9.29 Å². The molecule has 0 saturated carbocycles. The smallest absolute Gasteiger partial charge is 0.321 e. The summed E-state index contributed by atoms with van der Waals surface area (Å²) in [4.78, 5) is 27.7. The molecule has 0 fully saturated rings. The van der Waals surface area contributed by atoms with Crippen molar-refractivity contribution in [2.45, 2.75) is 18.2 Å². The Labute approximate surface area is 179 Å². The van der Waals surface area contributed by atoms with Crippen LogP contribution in [-0.4, -0.2) is 49.7 Å². The van der Waals surface area contributed by atoms with Gasteiger partial charge in [0, 0.05) is 34.7 Å². The summed E-state index contributed by atoms with van der Waals surface area (Å²) in [6, 6.07) is 11.3. The van der Waals surface area contributed by atoms with E-state index in [2.05, 4.69) is 4.98 Å². The lowest BCUT2D eigenvalue weighted by Crippen LogP contribution is -2.33. The molecule has 0 aliphatic rings. The zero-order valence-electron chi connectivity index (χ0n) is 16.5. The van der Waals surface area contributed by atoms with E-state index in [-0.39, 0.29) is 10.7 Å². The number of aromatic amines is 1. The molecule has 0 atom stereocenters. The molecule has 2 aromatic carbocycles. The normalized spacial score (nSPS) is 11.7. The van der Waals surface area contributed by atoms with Crippen LogP contribution in [0.3, 0.4) is 0 Å². The Morgan fingerprint density at radius 3 is 2.50 bits per heavy atom. The molecule has 1 N–H and O–H groups in total. The molecule has 3 rings (SSSR count). The van der Waals surface area contributed by atoms with E-state index in [0.717, 1.165) is 27.2 Å². The zero-order chi connectivity index (χ0) is 21.9. The molecular weight excluding hydrogens is 428 g/mol. The Balaban J connectivity index is 1.63. The minimum Gasteiger partial charge on any atom is -0.456 e. The van der Waals surface area contributed by atoms with Crippen molar-refractivity contribution in [2.75, 3.05) is 20.2 Å². The van der Waals surface area contributed by atoms with Gasteiger partial charge in [0.2, 0.25) is 15.8 Å². The van der Waals surface area contributed by atoms with Crippen LogP contribution in [0.2, 0.25) is 5.02 Å². The van der Waals surface area contributed by atoms with E-state index in [1.165, 1.54) is 31.3 Å². The Bertz CT molecular complexity index is 1190. The second-order valence-electron chi connectivity index (χ2n) is 6.69. The Morgan fingerprint density at radius 1 is 1.13 bits per heavy atom. The number of carbonyl (C=O) groups excluding carboxylic acids is 2. The van der Waals surface area contributed by atoms with Crippen LogP contribution in [0.25, 0.3) is 10.9 Å². The number of hydrogen-bond acceptors (Lipinski definition) is 5. The number of para-hydroxylation sites is 1. The fourth-order valence-corrected chi connectivity index (χ4v) is 4.31. The molecule has 0 aliphatic heterocycles. The van der Waals surface area contributed by atoms with Crippen molar-refractivity contribution in [2.24, 2.45) is 0 Å². The molecular formula is C21H21ClN2O5S. The monoisotopic (exact) mass is 448 g/mol. The SMILES string of the molecule is CCc1cccc2c(C(=O)COC(=O)CN(C)S(=O)(=O)c3ccc(Cl)cc3)c[nH]c12. The summed E-state index contributed by atoms with van der Waals surface area (Å²) in [5.41, 5.74) is 2.39. The average Bonchev–Trinajstić information content (AvgIpc) is 3.16. The molecule has 0 unspecified atom stereocenters. The first-order chi connectivity index (χ1) is 14.2. The first-order valence-electron chi connectivity index (χ1n) is 9.23. The molecule has 1 aromatic heterocycles. The number of halogens is 1. The third kappa shape index (κ3) is 4.56. The average molecular weight is 449 g/mol. The number of esters is 1. The van der Waals surface area contributed by atoms with E-state index < -0.39 is 29.1 Å². The molecule has 9 heteroatoms. The van der Waals surface area contributed by atoms with Gasteiger partial charge in [-0.05, 0) is 36.2 Å². The Hall–Kier alpha value is -2.68. The van der Waals surface area contributed by atoms with Crippen LogP contribution in [0.1, 0.15) is 22.8 Å². The molecule has 30 heavy (non-hydrogen) atoms. The summed E-state index contributed by atoms with van der Waals surface area (Å²) in [7, 11) is -2.62. The lowest BCUT2D eigenvalue weighted by molar-refractivity contribution is -0.142. The first kappa shape index (κ1) is 22.0. The number of benzene rings is 2. The molecule has 0 saturated heterocycles. The van der Waals surface area contributed by atoms with E-state index >= 15 is 0 Å². The van der Waals surface area contributed by atoms with Gasteiger partial charge in [-0.1, -0.05) is 36.7 Å². The number of nitrogens with zero attached hydrogens (tertiary/aromatic N) is 1. The predicted octanol–water partition coefficient (Wildman–Crippen LogP) is 3.43. The molecule has 0 amide bonds. The minimum atomic E-state index is -3.89. The van der Waals surface area contributed by atoms with Gasteiger partial charge in [0.25, 0.3) is 0 Å². The van der Waals surface area contributed by atoms with Crippen molar-refractivity contribution in [3.05, 3.63) is 64.8 Å². The van der Waals surface area contributed by atoms with Crippen LogP contribution in [0.4, 0.5) is 0 Å². The number of aryl methyl sites for hydroxylation is 1. The molecule has 1 heterocycles. The largest absolute Gasteiger partial charge is 0.456 e. The van der Waals surface area contributed by atoms with Crippen molar-refractivity contribution in [3.63, 3.8) is 0 Å². The molecule has 0 aliphatic carbocycles. The molecule has 0 radical (unpaired) electrons. The fraction of sp³-hybridized carbons (Fsp3) is 0.238. The number of sulfonamides is 1. The number of nitrogens with one attached hydrogen (secondary N) is 1. The van der Waals surface area contributed by atoms with Gasteiger partial charge in [0.1, 0.15) is 6.54 Å². The molecule has 0 spiro atoms. The van der Waals surface area contributed by atoms with Gasteiger partial charge in [-0.2, -0.15) is 4.31 Å². The zero-order valence-corrected chi connectivity index (χ0v) is 18.1. The third-order valence-corrected chi connectivity index (χ3v) is 6.79. The number of Topliss-reactive ketones (excluding diaryl/α,β-unsaturated/α-hetero) is 1. The number of fused-ring (bicyclic) bond motifs is 1. The lowest BCUT2D eigenvalue weighted by atomic mass is 10.1. The molecule has 3 aromatic rings. The highest BCUT2D eigenvalue weighted by molar-refractivity contribution is 7.89. The van der Waals surface area contributed by atoms with E-state index in [0.29, 0.717) is 10.6 Å². The van der Waals surface area contributed by atoms with Crippen molar-refractivity contribution in [1.29, 1.82) is 0 Å². The quantitative estimate of drug-likeness (QED) is 0.420. The maximum Gasteiger partial charge on any atom is 0.321 e. The van der Waals surface area contributed by atoms with E-state index in [9.17, 15) is 18.0 Å². The number of H-pyrrole nitrogens is 1. The summed E-state index contributed by atoms with van der Waals surface area (Å²) in [5.74, 6) is -1.19. The number of ketones is 1. The van der Waals surface area contributed by atoms with Crippen LogP contribution in [-0.2, 0) is 26.0 Å². The van der Waals surface area contributed by atoms with Crippen LogP contribution in [0.5, 0.6) is 0 Å². The maximum absolute atomic E-state index is 12.5. The summed E-state index contributed by atoms with van der Waals surface area (Å²) < 4.78 is 30.9. The number of aromatic nitrogens is 1. The molecule has 158 valence electrons. The van der Waals surface area contributed by atoms with Gasteiger partial charge in [0.15, 0.2) is 6.61 Å². The lowest BCUT2D eigenvalue weighted by Gasteiger charge is -2.16. The van der Waals surface area contributed by atoms with Gasteiger partial charge >= 0.3 is 5.97 Å². The number of likely N-dealkylation sites (N-methyl/N-ethyl adjacent to an activating group) is 1. The number of ether oxygens (including phenoxy) is 1. The fourth-order valence-electron chi connectivity index (χ4n) is 3.07. The van der Waals surface area contributed by atoms with E-state index in [1.54, 1.807) is 6.20 Å². The first-order valence-corrected chi connectivity index (χ1v) is 11.1. The summed E-state index contributed by atoms with van der Waals surface area (Å²) in [6.45, 7) is 1.02. The third-order valence-electron chi connectivity index (χ3n) is 4.72. The number of hydrogen-bond donors (Lipinski definition) is 1.